The molecule has 1 amide bonds. The minimum atomic E-state index is -4.89. The Labute approximate surface area is 127 Å². The predicted molar refractivity (Wildman–Crippen MR) is 74.0 cm³/mol. The molecule has 0 aliphatic carbocycles. The molecule has 1 heterocycles. The maximum atomic E-state index is 12.0. The van der Waals surface area contributed by atoms with E-state index in [2.05, 4.69) is 9.60 Å². The van der Waals surface area contributed by atoms with Crippen LogP contribution in [0.3, 0.4) is 0 Å². The van der Waals surface area contributed by atoms with Gasteiger partial charge in [0.05, 0.1) is 6.42 Å². The van der Waals surface area contributed by atoms with Crippen LogP contribution in [0.1, 0.15) is 5.56 Å². The number of amides is 1. The number of hydroxylamine groups is 4. The van der Waals surface area contributed by atoms with Crippen molar-refractivity contribution in [3.05, 3.63) is 41.1 Å². The van der Waals surface area contributed by atoms with Crippen molar-refractivity contribution < 1.29 is 31.6 Å². The maximum Gasteiger partial charge on any atom is 0.442 e. The van der Waals surface area contributed by atoms with E-state index in [-0.39, 0.29) is 12.3 Å². The van der Waals surface area contributed by atoms with Crippen molar-refractivity contribution in [2.24, 2.45) is 0 Å². The molecule has 1 aliphatic rings. The molecule has 0 unspecified atom stereocenters. The van der Waals surface area contributed by atoms with Crippen LogP contribution in [0.5, 0.6) is 0 Å². The van der Waals surface area contributed by atoms with Gasteiger partial charge in [0, 0.05) is 7.11 Å². The first kappa shape index (κ1) is 16.8. The third kappa shape index (κ3) is 4.22. The number of ether oxygens (including phenoxy) is 1. The number of methoxy groups -OCH3 is 1. The number of hydrogen-bond donors (Lipinski definition) is 2. The Kier molecular flexibility index (Phi) is 4.52. The summed E-state index contributed by atoms with van der Waals surface area (Å²) in [6.45, 7) is -0.992. The molecule has 10 heteroatoms. The molecule has 1 aliphatic heterocycles. The lowest BCUT2D eigenvalue weighted by atomic mass is 10.1. The van der Waals surface area contributed by atoms with E-state index >= 15 is 0 Å². The van der Waals surface area contributed by atoms with Gasteiger partial charge in [-0.15, -0.1) is 0 Å². The number of benzene rings is 1. The van der Waals surface area contributed by atoms with E-state index < -0.39 is 34.0 Å². The summed E-state index contributed by atoms with van der Waals surface area (Å²) in [5, 5.41) is 14.4. The first-order valence-electron chi connectivity index (χ1n) is 6.32. The minimum absolute atomic E-state index is 0.0873. The van der Waals surface area contributed by atoms with Gasteiger partial charge in [0.1, 0.15) is 0 Å². The molecular weight excluding hydrogens is 316 g/mol. The van der Waals surface area contributed by atoms with Crippen LogP contribution in [-0.2, 0) is 30.6 Å². The number of quaternary nitrogens is 1. The molecule has 0 bridgehead atoms. The Morgan fingerprint density at radius 1 is 1.41 bits per heavy atom. The monoisotopic (exact) mass is 332 g/mol. The summed E-state index contributed by atoms with van der Waals surface area (Å²) in [6.07, 6.45) is 0.0873. The van der Waals surface area contributed by atoms with Gasteiger partial charge >= 0.3 is 10.4 Å². The summed E-state index contributed by atoms with van der Waals surface area (Å²) < 4.78 is 38.8. The summed E-state index contributed by atoms with van der Waals surface area (Å²) in [5.74, 6) is -0.383. The second-order valence-electron chi connectivity index (χ2n) is 5.04. The molecule has 22 heavy (non-hydrogen) atoms. The van der Waals surface area contributed by atoms with Gasteiger partial charge in [-0.25, -0.2) is 0 Å². The van der Waals surface area contributed by atoms with Gasteiger partial charge in [-0.1, -0.05) is 30.3 Å². The Balaban J connectivity index is 1.95. The zero-order valence-electron chi connectivity index (χ0n) is 11.8. The topological polar surface area (TPSA) is 125 Å². The zero-order chi connectivity index (χ0) is 16.4. The summed E-state index contributed by atoms with van der Waals surface area (Å²) in [5.41, 5.74) is -0.541. The highest BCUT2D eigenvalue weighted by molar-refractivity contribution is 7.80. The molecule has 1 aromatic carbocycles. The molecule has 0 atom stereocenters. The third-order valence-electron chi connectivity index (χ3n) is 3.19. The zero-order valence-corrected chi connectivity index (χ0v) is 12.6. The van der Waals surface area contributed by atoms with Crippen molar-refractivity contribution in [1.29, 1.82) is 0 Å². The molecular formula is C12H16N2O7S. The van der Waals surface area contributed by atoms with Crippen LogP contribution < -0.4 is 5.32 Å². The van der Waals surface area contributed by atoms with E-state index in [4.69, 9.17) is 9.29 Å². The molecule has 2 rings (SSSR count). The second-order valence-corrected chi connectivity index (χ2v) is 6.05. The van der Waals surface area contributed by atoms with Crippen LogP contribution in [0.2, 0.25) is 0 Å². The third-order valence-corrected chi connectivity index (χ3v) is 3.65. The van der Waals surface area contributed by atoms with E-state index in [1.54, 1.807) is 24.3 Å². The minimum Gasteiger partial charge on any atom is -0.597 e. The Hall–Kier alpha value is -1.56. The quantitative estimate of drug-likeness (QED) is 0.318. The van der Waals surface area contributed by atoms with Crippen molar-refractivity contribution in [1.82, 2.24) is 5.32 Å². The Morgan fingerprint density at radius 3 is 2.50 bits per heavy atom. The highest BCUT2D eigenvalue weighted by Crippen LogP contribution is 2.31. The van der Waals surface area contributed by atoms with E-state index in [0.717, 1.165) is 5.56 Å². The first-order chi connectivity index (χ1) is 10.2. The highest BCUT2D eigenvalue weighted by Gasteiger charge is 2.57. The molecule has 1 saturated heterocycles. The number of rotatable bonds is 6. The van der Waals surface area contributed by atoms with Crippen LogP contribution in [0, 0.1) is 5.21 Å². The molecule has 0 aromatic heterocycles. The smallest absolute Gasteiger partial charge is 0.442 e. The summed E-state index contributed by atoms with van der Waals surface area (Å²) in [7, 11) is -3.61. The lowest BCUT2D eigenvalue weighted by molar-refractivity contribution is -1.09. The van der Waals surface area contributed by atoms with Gasteiger partial charge in [-0.05, 0) is 9.85 Å². The van der Waals surface area contributed by atoms with Crippen molar-refractivity contribution in [2.45, 2.75) is 12.1 Å². The largest absolute Gasteiger partial charge is 0.597 e. The molecule has 9 nitrogen and oxygen atoms in total. The SMILES string of the molecule is COC1(NC(=O)Cc2ccccc2)C[N+]([O-])(OS(=O)(=O)O)C1. The fourth-order valence-electron chi connectivity index (χ4n) is 2.30. The fourth-order valence-corrected chi connectivity index (χ4v) is 2.74. The van der Waals surface area contributed by atoms with Crippen LogP contribution in [-0.4, -0.2) is 49.6 Å². The van der Waals surface area contributed by atoms with Crippen molar-refractivity contribution >= 4 is 16.3 Å². The molecule has 0 radical (unpaired) electrons. The van der Waals surface area contributed by atoms with Crippen molar-refractivity contribution in [2.75, 3.05) is 20.2 Å². The first-order valence-corrected chi connectivity index (χ1v) is 7.69. The van der Waals surface area contributed by atoms with Crippen molar-refractivity contribution in [3.8, 4) is 0 Å². The fraction of sp³-hybridized carbons (Fsp3) is 0.417. The van der Waals surface area contributed by atoms with Crippen LogP contribution >= 0.6 is 0 Å². The van der Waals surface area contributed by atoms with Gasteiger partial charge in [0.15, 0.2) is 13.1 Å². The normalized spacial score (nSPS) is 28.0. The van der Waals surface area contributed by atoms with E-state index in [9.17, 15) is 18.4 Å². The summed E-state index contributed by atoms with van der Waals surface area (Å²) in [4.78, 5) is 10.3. The van der Waals surface area contributed by atoms with Gasteiger partial charge in [-0.3, -0.25) is 9.35 Å². The van der Waals surface area contributed by atoms with Crippen molar-refractivity contribution in [3.63, 3.8) is 0 Å². The maximum absolute atomic E-state index is 12.0. The number of hydrogen-bond acceptors (Lipinski definition) is 6. The number of carbonyl (C=O) groups is 1. The molecule has 2 N–H and O–H groups in total. The van der Waals surface area contributed by atoms with Crippen LogP contribution in [0.4, 0.5) is 0 Å². The summed E-state index contributed by atoms with van der Waals surface area (Å²) >= 11 is 0. The molecule has 0 spiro atoms. The molecule has 122 valence electrons. The van der Waals surface area contributed by atoms with Gasteiger partial charge in [-0.2, -0.15) is 13.2 Å². The van der Waals surface area contributed by atoms with Crippen LogP contribution in [0.25, 0.3) is 0 Å². The average molecular weight is 332 g/mol. The standard InChI is InChI=1S/C12H16N2O7S/c1-20-12(8-14(16,9-12)21-22(17,18)19)13-11(15)7-10-5-3-2-4-6-10/h2-6H,7-9H2,1H3,(H,13,15)(H,17,18,19). The molecule has 1 fully saturated rings. The van der Waals surface area contributed by atoms with Gasteiger partial charge in [0.2, 0.25) is 11.6 Å². The average Bonchev–Trinajstić information content (AvgIpc) is 2.35. The van der Waals surface area contributed by atoms with E-state index in [0.29, 0.717) is 0 Å². The van der Waals surface area contributed by atoms with E-state index in [1.807, 2.05) is 6.07 Å². The number of carbonyl (C=O) groups excluding carboxylic acids is 1. The Bertz CT molecular complexity index is 641. The summed E-state index contributed by atoms with van der Waals surface area (Å²) in [6, 6.07) is 8.94. The van der Waals surface area contributed by atoms with Gasteiger partial charge in [0.25, 0.3) is 0 Å². The number of nitrogens with one attached hydrogen (secondary N) is 1. The van der Waals surface area contributed by atoms with Crippen LogP contribution in [0.15, 0.2) is 30.3 Å². The highest BCUT2D eigenvalue weighted by atomic mass is 32.3. The van der Waals surface area contributed by atoms with E-state index in [1.165, 1.54) is 7.11 Å². The Morgan fingerprint density at radius 2 is 2.00 bits per heavy atom. The van der Waals surface area contributed by atoms with Gasteiger partial charge < -0.3 is 15.3 Å². The predicted octanol–water partition coefficient (Wildman–Crippen LogP) is -0.249. The lowest BCUT2D eigenvalue weighted by Crippen LogP contribution is -2.77. The second kappa shape index (κ2) is 5.91. The number of nitrogens with zero attached hydrogens (tertiary/aromatic N) is 1. The lowest BCUT2D eigenvalue weighted by Gasteiger charge is -2.53. The molecule has 0 saturated carbocycles. The molecule has 1 aromatic rings.